The predicted octanol–water partition coefficient (Wildman–Crippen LogP) is 8.30. The Labute approximate surface area is 225 Å². The topological polar surface area (TPSA) is 35.9 Å². The first-order valence-electron chi connectivity index (χ1n) is 12.5. The lowest BCUT2D eigenvalue weighted by molar-refractivity contribution is 0.436. The second-order valence-electron chi connectivity index (χ2n) is 9.36. The highest BCUT2D eigenvalue weighted by molar-refractivity contribution is 9.10. The van der Waals surface area contributed by atoms with Gasteiger partial charge in [0.25, 0.3) is 0 Å². The summed E-state index contributed by atoms with van der Waals surface area (Å²) in [5.41, 5.74) is 3.27. The van der Waals surface area contributed by atoms with Gasteiger partial charge in [-0.2, -0.15) is 0 Å². The highest BCUT2D eigenvalue weighted by Crippen LogP contribution is 2.59. The maximum atomic E-state index is 14.8. The van der Waals surface area contributed by atoms with E-state index >= 15 is 0 Å². The van der Waals surface area contributed by atoms with Crippen LogP contribution >= 0.6 is 23.5 Å². The molecule has 0 radical (unpaired) electrons. The van der Waals surface area contributed by atoms with Gasteiger partial charge in [0.15, 0.2) is 0 Å². The van der Waals surface area contributed by atoms with Crippen LogP contribution in [0, 0.1) is 0 Å². The standard InChI is InChI=1S/C31H27BrN3OP/c32-29-17-15-24(16-18-29)21-33-37(36)34(22-27-11-5-9-25-7-1-3-13-30(25)27)19-20-35(37)23-28-12-6-10-26-8-2-4-14-31(26)28/h1-18,21H,19-20,22-23H2/b33-21+. The van der Waals surface area contributed by atoms with Crippen molar-refractivity contribution in [3.8, 4) is 0 Å². The number of fused-ring (bicyclic) bond motifs is 2. The third-order valence-electron chi connectivity index (χ3n) is 7.05. The molecule has 0 saturated carbocycles. The van der Waals surface area contributed by atoms with E-state index in [0.717, 1.165) is 10.0 Å². The minimum atomic E-state index is -3.23. The predicted molar refractivity (Wildman–Crippen MR) is 158 cm³/mol. The zero-order valence-electron chi connectivity index (χ0n) is 20.4. The molecule has 1 aliphatic rings. The first-order valence-corrected chi connectivity index (χ1v) is 14.8. The van der Waals surface area contributed by atoms with Crippen LogP contribution in [-0.2, 0) is 17.7 Å². The van der Waals surface area contributed by atoms with Crippen molar-refractivity contribution in [2.45, 2.75) is 13.1 Å². The molecule has 0 aliphatic carbocycles. The molecular weight excluding hydrogens is 541 g/mol. The lowest BCUT2D eigenvalue weighted by Crippen LogP contribution is -2.18. The van der Waals surface area contributed by atoms with Crippen LogP contribution in [0.4, 0.5) is 0 Å². The molecule has 1 fully saturated rings. The number of halogens is 1. The van der Waals surface area contributed by atoms with E-state index in [1.807, 2.05) is 24.3 Å². The number of hydrogen-bond acceptors (Lipinski definition) is 1. The van der Waals surface area contributed by atoms with Crippen LogP contribution in [0.2, 0.25) is 0 Å². The Bertz CT molecular complexity index is 1550. The van der Waals surface area contributed by atoms with Gasteiger partial charge in [-0.3, -0.25) is 4.57 Å². The Kier molecular flexibility index (Phi) is 6.79. The van der Waals surface area contributed by atoms with Crippen molar-refractivity contribution >= 4 is 51.3 Å². The second kappa shape index (κ2) is 10.4. The fraction of sp³-hybridized carbons (Fsp3) is 0.129. The van der Waals surface area contributed by atoms with Gasteiger partial charge in [-0.05, 0) is 50.4 Å². The molecule has 6 heteroatoms. The number of benzene rings is 5. The van der Waals surface area contributed by atoms with Gasteiger partial charge in [-0.15, -0.1) is 0 Å². The van der Waals surface area contributed by atoms with Crippen molar-refractivity contribution in [1.29, 1.82) is 0 Å². The Balaban J connectivity index is 1.37. The average Bonchev–Trinajstić information content (AvgIpc) is 3.23. The van der Waals surface area contributed by atoms with Crippen molar-refractivity contribution in [3.05, 3.63) is 130 Å². The van der Waals surface area contributed by atoms with E-state index in [1.54, 1.807) is 6.21 Å². The van der Waals surface area contributed by atoms with Crippen LogP contribution in [0.1, 0.15) is 16.7 Å². The Morgan fingerprint density at radius 3 is 1.70 bits per heavy atom. The summed E-state index contributed by atoms with van der Waals surface area (Å²) < 4.78 is 24.8. The van der Waals surface area contributed by atoms with Gasteiger partial charge in [-0.1, -0.05) is 113 Å². The minimum Gasteiger partial charge on any atom is -0.262 e. The number of nitrogens with zero attached hydrogens (tertiary/aromatic N) is 3. The van der Waals surface area contributed by atoms with Gasteiger partial charge in [0.2, 0.25) is 0 Å². The lowest BCUT2D eigenvalue weighted by Gasteiger charge is -2.27. The zero-order chi connectivity index (χ0) is 25.2. The van der Waals surface area contributed by atoms with Crippen molar-refractivity contribution in [2.75, 3.05) is 13.1 Å². The SMILES string of the molecule is O=P1(/N=C/c2ccc(Br)cc2)N(Cc2cccc3ccccc23)CCN1Cc1cccc2ccccc12. The fourth-order valence-electron chi connectivity index (χ4n) is 5.10. The van der Waals surface area contributed by atoms with E-state index in [1.165, 1.54) is 32.7 Å². The highest BCUT2D eigenvalue weighted by atomic mass is 79.9. The first-order chi connectivity index (χ1) is 18.1. The smallest absolute Gasteiger partial charge is 0.262 e. The van der Waals surface area contributed by atoms with Gasteiger partial charge in [0.05, 0.1) is 0 Å². The Hall–Kier alpha value is -3.08. The first kappa shape index (κ1) is 24.3. The molecule has 5 aromatic carbocycles. The van der Waals surface area contributed by atoms with Gasteiger partial charge in [-0.25, -0.2) is 14.1 Å². The normalized spacial score (nSPS) is 16.2. The fourth-order valence-corrected chi connectivity index (χ4v) is 7.67. The molecule has 0 amide bonds. The molecule has 0 spiro atoms. The third kappa shape index (κ3) is 4.93. The van der Waals surface area contributed by atoms with Crippen molar-refractivity contribution < 1.29 is 4.57 Å². The molecule has 184 valence electrons. The van der Waals surface area contributed by atoms with Crippen LogP contribution in [-0.4, -0.2) is 28.6 Å². The molecule has 1 saturated heterocycles. The van der Waals surface area contributed by atoms with E-state index in [0.29, 0.717) is 26.2 Å². The summed E-state index contributed by atoms with van der Waals surface area (Å²) in [6, 6.07) is 37.4. The molecule has 5 aromatic rings. The summed E-state index contributed by atoms with van der Waals surface area (Å²) in [6.07, 6.45) is 1.77. The number of hydrogen-bond donors (Lipinski definition) is 0. The summed E-state index contributed by atoms with van der Waals surface area (Å²) >= 11 is 3.49. The molecule has 1 heterocycles. The maximum Gasteiger partial charge on any atom is 0.330 e. The van der Waals surface area contributed by atoms with Crippen molar-refractivity contribution in [2.24, 2.45) is 4.76 Å². The summed E-state index contributed by atoms with van der Waals surface area (Å²) in [6.45, 7) is 2.57. The summed E-state index contributed by atoms with van der Waals surface area (Å²) in [7, 11) is -3.23. The maximum absolute atomic E-state index is 14.8. The summed E-state index contributed by atoms with van der Waals surface area (Å²) in [5.74, 6) is 0. The average molecular weight is 568 g/mol. The van der Waals surface area contributed by atoms with Gasteiger partial charge < -0.3 is 0 Å². The largest absolute Gasteiger partial charge is 0.330 e. The van der Waals surface area contributed by atoms with Crippen LogP contribution in [0.5, 0.6) is 0 Å². The van der Waals surface area contributed by atoms with E-state index in [4.69, 9.17) is 4.76 Å². The van der Waals surface area contributed by atoms with Crippen molar-refractivity contribution in [1.82, 2.24) is 9.34 Å². The molecule has 6 rings (SSSR count). The van der Waals surface area contributed by atoms with E-state index < -0.39 is 7.59 Å². The van der Waals surface area contributed by atoms with Gasteiger partial charge >= 0.3 is 7.59 Å². The zero-order valence-corrected chi connectivity index (χ0v) is 22.9. The molecule has 0 unspecified atom stereocenters. The third-order valence-corrected chi connectivity index (χ3v) is 10.1. The molecule has 4 nitrogen and oxygen atoms in total. The minimum absolute atomic E-state index is 0.586. The van der Waals surface area contributed by atoms with E-state index in [-0.39, 0.29) is 0 Å². The van der Waals surface area contributed by atoms with Crippen LogP contribution in [0.3, 0.4) is 0 Å². The summed E-state index contributed by atoms with van der Waals surface area (Å²) in [4.78, 5) is 0. The molecular formula is C31H27BrN3OP. The van der Waals surface area contributed by atoms with Gasteiger partial charge in [0, 0.05) is 36.9 Å². The molecule has 37 heavy (non-hydrogen) atoms. The lowest BCUT2D eigenvalue weighted by atomic mass is 10.0. The Morgan fingerprint density at radius 1 is 0.676 bits per heavy atom. The van der Waals surface area contributed by atoms with Gasteiger partial charge in [0.1, 0.15) is 0 Å². The van der Waals surface area contributed by atoms with E-state index in [2.05, 4.69) is 110 Å². The summed E-state index contributed by atoms with van der Waals surface area (Å²) in [5, 5.41) is 4.78. The van der Waals surface area contributed by atoms with Crippen molar-refractivity contribution in [3.63, 3.8) is 0 Å². The number of rotatable bonds is 6. The van der Waals surface area contributed by atoms with Crippen LogP contribution < -0.4 is 0 Å². The van der Waals surface area contributed by atoms with Crippen LogP contribution in [0.15, 0.2) is 118 Å². The molecule has 0 N–H and O–H groups in total. The quantitative estimate of drug-likeness (QED) is 0.153. The molecule has 0 aromatic heterocycles. The monoisotopic (exact) mass is 567 g/mol. The van der Waals surface area contributed by atoms with E-state index in [9.17, 15) is 4.57 Å². The molecule has 1 aliphatic heterocycles. The Morgan fingerprint density at radius 2 is 1.16 bits per heavy atom. The van der Waals surface area contributed by atoms with Crippen LogP contribution in [0.25, 0.3) is 21.5 Å². The molecule has 0 bridgehead atoms. The highest BCUT2D eigenvalue weighted by Gasteiger charge is 2.42. The second-order valence-corrected chi connectivity index (χ2v) is 12.7. The molecule has 0 atom stereocenters.